The molecule has 0 spiro atoms. The molecule has 1 aliphatic heterocycles. The first-order chi connectivity index (χ1) is 12.5. The lowest BCUT2D eigenvalue weighted by Crippen LogP contribution is -2.36. The lowest BCUT2D eigenvalue weighted by Gasteiger charge is -2.28. The van der Waals surface area contributed by atoms with Crippen LogP contribution in [0, 0.1) is 17.7 Å². The smallest absolute Gasteiger partial charge is 0.249 e. The summed E-state index contributed by atoms with van der Waals surface area (Å²) >= 11 is 0. The van der Waals surface area contributed by atoms with Crippen LogP contribution in [0.3, 0.4) is 0 Å². The molecule has 3 atom stereocenters. The fourth-order valence-corrected chi connectivity index (χ4v) is 3.34. The highest BCUT2D eigenvalue weighted by atomic mass is 35.5. The van der Waals surface area contributed by atoms with E-state index < -0.39 is 6.04 Å². The molecule has 2 N–H and O–H groups in total. The van der Waals surface area contributed by atoms with Crippen molar-refractivity contribution in [2.45, 2.75) is 39.2 Å². The summed E-state index contributed by atoms with van der Waals surface area (Å²) in [5.41, 5.74) is 0.539. The van der Waals surface area contributed by atoms with Gasteiger partial charge in [-0.25, -0.2) is 4.39 Å². The second kappa shape index (κ2) is 9.80. The van der Waals surface area contributed by atoms with Gasteiger partial charge < -0.3 is 15.2 Å². The molecule has 0 saturated carbocycles. The van der Waals surface area contributed by atoms with Gasteiger partial charge in [0.1, 0.15) is 11.9 Å². The monoisotopic (exact) mass is 396 g/mol. The Morgan fingerprint density at radius 3 is 2.96 bits per heavy atom. The maximum Gasteiger partial charge on any atom is 0.249 e. The highest BCUT2D eigenvalue weighted by Gasteiger charge is 2.24. The number of hydrogen-bond donors (Lipinski definition) is 2. The highest BCUT2D eigenvalue weighted by Crippen LogP contribution is 2.23. The number of halogens is 2. The van der Waals surface area contributed by atoms with Gasteiger partial charge in [-0.3, -0.25) is 4.79 Å². The fourth-order valence-electron chi connectivity index (χ4n) is 3.34. The first-order valence-electron chi connectivity index (χ1n) is 9.12. The summed E-state index contributed by atoms with van der Waals surface area (Å²) in [5, 5.41) is 10.2. The number of amides is 1. The summed E-state index contributed by atoms with van der Waals surface area (Å²) in [6, 6.07) is 5.61. The first kappa shape index (κ1) is 21.3. The third kappa shape index (κ3) is 5.74. The second-order valence-corrected chi connectivity index (χ2v) is 7.04. The van der Waals surface area contributed by atoms with Crippen molar-refractivity contribution in [3.8, 4) is 11.4 Å². The predicted octanol–water partition coefficient (Wildman–Crippen LogP) is 3.50. The lowest BCUT2D eigenvalue weighted by atomic mass is 9.85. The predicted molar refractivity (Wildman–Crippen MR) is 103 cm³/mol. The zero-order valence-corrected chi connectivity index (χ0v) is 16.4. The van der Waals surface area contributed by atoms with Gasteiger partial charge in [-0.1, -0.05) is 24.2 Å². The van der Waals surface area contributed by atoms with Crippen LogP contribution in [0.2, 0.25) is 0 Å². The van der Waals surface area contributed by atoms with Crippen molar-refractivity contribution in [1.82, 2.24) is 20.8 Å². The standard InChI is InChI=1S/C19H25FN4O2.ClH/c1-12(15-6-4-8-21-11-15)9-17(25)22-13(2)19-23-18(24-26-19)14-5-3-7-16(20)10-14;/h3,5,7,10,12-13,15,21H,4,6,8-9,11H2,1-2H3,(H,22,25);1H. The van der Waals surface area contributed by atoms with Gasteiger partial charge in [-0.15, -0.1) is 12.4 Å². The summed E-state index contributed by atoms with van der Waals surface area (Å²) in [6.45, 7) is 5.96. The Kier molecular flexibility index (Phi) is 7.74. The molecule has 1 fully saturated rings. The number of benzene rings is 1. The quantitative estimate of drug-likeness (QED) is 0.781. The van der Waals surface area contributed by atoms with Crippen LogP contribution in [-0.4, -0.2) is 29.1 Å². The summed E-state index contributed by atoms with van der Waals surface area (Å²) in [7, 11) is 0. The van der Waals surface area contributed by atoms with Gasteiger partial charge in [-0.2, -0.15) is 4.98 Å². The second-order valence-electron chi connectivity index (χ2n) is 7.04. The van der Waals surface area contributed by atoms with E-state index in [1.165, 1.54) is 12.1 Å². The van der Waals surface area contributed by atoms with E-state index >= 15 is 0 Å². The molecular formula is C19H26ClFN4O2. The molecule has 3 rings (SSSR count). The van der Waals surface area contributed by atoms with E-state index in [0.29, 0.717) is 35.5 Å². The van der Waals surface area contributed by atoms with Crippen LogP contribution in [0.25, 0.3) is 11.4 Å². The zero-order valence-electron chi connectivity index (χ0n) is 15.6. The molecule has 1 amide bonds. The average Bonchev–Trinajstić information content (AvgIpc) is 3.12. The van der Waals surface area contributed by atoms with E-state index in [4.69, 9.17) is 4.52 Å². The highest BCUT2D eigenvalue weighted by molar-refractivity contribution is 5.85. The van der Waals surface area contributed by atoms with E-state index in [1.54, 1.807) is 19.1 Å². The number of rotatable bonds is 6. The van der Waals surface area contributed by atoms with Crippen LogP contribution in [-0.2, 0) is 4.79 Å². The van der Waals surface area contributed by atoms with E-state index in [-0.39, 0.29) is 24.1 Å². The first-order valence-corrected chi connectivity index (χ1v) is 9.12. The van der Waals surface area contributed by atoms with Gasteiger partial charge in [0.25, 0.3) is 0 Å². The molecule has 0 radical (unpaired) electrons. The van der Waals surface area contributed by atoms with E-state index in [2.05, 4.69) is 27.7 Å². The van der Waals surface area contributed by atoms with Gasteiger partial charge in [0.2, 0.25) is 17.6 Å². The topological polar surface area (TPSA) is 80.0 Å². The molecule has 2 heterocycles. The Morgan fingerprint density at radius 2 is 2.26 bits per heavy atom. The van der Waals surface area contributed by atoms with Gasteiger partial charge in [0, 0.05) is 12.0 Å². The Bertz CT molecular complexity index is 749. The molecule has 1 aromatic heterocycles. The average molecular weight is 397 g/mol. The Labute approximate surface area is 164 Å². The van der Waals surface area contributed by atoms with Gasteiger partial charge in [0.15, 0.2) is 0 Å². The van der Waals surface area contributed by atoms with Crippen LogP contribution in [0.4, 0.5) is 4.39 Å². The SMILES string of the molecule is CC(NC(=O)CC(C)C1CCCNC1)c1nc(-c2cccc(F)c2)no1.Cl. The Balaban J connectivity index is 0.00000261. The van der Waals surface area contributed by atoms with Gasteiger partial charge in [-0.05, 0) is 56.8 Å². The molecule has 148 valence electrons. The Hall–Kier alpha value is -1.99. The minimum absolute atomic E-state index is 0. The van der Waals surface area contributed by atoms with Crippen molar-refractivity contribution in [2.24, 2.45) is 11.8 Å². The molecule has 1 saturated heterocycles. The van der Waals surface area contributed by atoms with E-state index in [9.17, 15) is 9.18 Å². The van der Waals surface area contributed by atoms with Crippen molar-refractivity contribution in [2.75, 3.05) is 13.1 Å². The third-order valence-electron chi connectivity index (χ3n) is 4.92. The summed E-state index contributed by atoms with van der Waals surface area (Å²) < 4.78 is 18.6. The Morgan fingerprint density at radius 1 is 1.44 bits per heavy atom. The lowest BCUT2D eigenvalue weighted by molar-refractivity contribution is -0.123. The molecule has 6 nitrogen and oxygen atoms in total. The fraction of sp³-hybridized carbons (Fsp3) is 0.526. The number of piperidine rings is 1. The summed E-state index contributed by atoms with van der Waals surface area (Å²) in [5.74, 6) is 1.09. The zero-order chi connectivity index (χ0) is 18.5. The van der Waals surface area contributed by atoms with Crippen molar-refractivity contribution >= 4 is 18.3 Å². The van der Waals surface area contributed by atoms with E-state index in [1.807, 2.05) is 0 Å². The third-order valence-corrected chi connectivity index (χ3v) is 4.92. The molecule has 8 heteroatoms. The van der Waals surface area contributed by atoms with Crippen LogP contribution >= 0.6 is 12.4 Å². The molecule has 2 aromatic rings. The largest absolute Gasteiger partial charge is 0.345 e. The van der Waals surface area contributed by atoms with Gasteiger partial charge >= 0.3 is 0 Å². The molecule has 1 aliphatic rings. The molecule has 27 heavy (non-hydrogen) atoms. The minimum Gasteiger partial charge on any atom is -0.345 e. The molecular weight excluding hydrogens is 371 g/mol. The van der Waals surface area contributed by atoms with Crippen LogP contribution < -0.4 is 10.6 Å². The van der Waals surface area contributed by atoms with Crippen LogP contribution in [0.15, 0.2) is 28.8 Å². The van der Waals surface area contributed by atoms with Crippen molar-refractivity contribution in [3.05, 3.63) is 36.0 Å². The maximum absolute atomic E-state index is 13.3. The number of carbonyl (C=O) groups excluding carboxylic acids is 1. The summed E-state index contributed by atoms with van der Waals surface area (Å²) in [6.07, 6.45) is 2.80. The molecule has 0 aliphatic carbocycles. The number of carbonyl (C=O) groups is 1. The normalized spacial score (nSPS) is 19.0. The van der Waals surface area contributed by atoms with Crippen molar-refractivity contribution in [3.63, 3.8) is 0 Å². The number of aromatic nitrogens is 2. The molecule has 1 aromatic carbocycles. The number of nitrogens with one attached hydrogen (secondary N) is 2. The van der Waals surface area contributed by atoms with Gasteiger partial charge in [0.05, 0.1) is 0 Å². The minimum atomic E-state index is -0.394. The molecule has 0 bridgehead atoms. The van der Waals surface area contributed by atoms with Crippen molar-refractivity contribution in [1.29, 1.82) is 0 Å². The molecule has 3 unspecified atom stereocenters. The summed E-state index contributed by atoms with van der Waals surface area (Å²) in [4.78, 5) is 16.6. The van der Waals surface area contributed by atoms with E-state index in [0.717, 1.165) is 25.9 Å². The van der Waals surface area contributed by atoms with Crippen LogP contribution in [0.1, 0.15) is 45.0 Å². The van der Waals surface area contributed by atoms with Crippen molar-refractivity contribution < 1.29 is 13.7 Å². The number of nitrogens with zero attached hydrogens (tertiary/aromatic N) is 2. The maximum atomic E-state index is 13.3. The number of hydrogen-bond acceptors (Lipinski definition) is 5. The van der Waals surface area contributed by atoms with Crippen LogP contribution in [0.5, 0.6) is 0 Å².